The van der Waals surface area contributed by atoms with E-state index in [4.69, 9.17) is 5.73 Å². The molecule has 4 nitrogen and oxygen atoms in total. The summed E-state index contributed by atoms with van der Waals surface area (Å²) < 4.78 is 0. The number of likely N-dealkylation sites (N-methyl/N-ethyl adjacent to an activating group) is 1. The van der Waals surface area contributed by atoms with Crippen molar-refractivity contribution < 1.29 is 4.79 Å². The molecule has 0 aliphatic carbocycles. The van der Waals surface area contributed by atoms with Gasteiger partial charge in [0.15, 0.2) is 0 Å². The first-order chi connectivity index (χ1) is 7.19. The van der Waals surface area contributed by atoms with Crippen LogP contribution in [0.4, 0.5) is 0 Å². The molecule has 0 fully saturated rings. The van der Waals surface area contributed by atoms with Crippen LogP contribution in [-0.4, -0.2) is 43.5 Å². The van der Waals surface area contributed by atoms with Crippen molar-refractivity contribution in [3.63, 3.8) is 0 Å². The van der Waals surface area contributed by atoms with Crippen LogP contribution in [0.3, 0.4) is 0 Å². The molecule has 0 aromatic carbocycles. The standard InChI is InChI=1S/C11H25N3O/c1-4-8-14(9-11(15)13-3)10(5-2)6-7-12/h10H,4-9,12H2,1-3H3,(H,13,15). The van der Waals surface area contributed by atoms with Gasteiger partial charge in [0.25, 0.3) is 0 Å². The van der Waals surface area contributed by atoms with Gasteiger partial charge < -0.3 is 11.1 Å². The fraction of sp³-hybridized carbons (Fsp3) is 0.909. The van der Waals surface area contributed by atoms with Crippen LogP contribution in [0.2, 0.25) is 0 Å². The van der Waals surface area contributed by atoms with E-state index >= 15 is 0 Å². The van der Waals surface area contributed by atoms with Gasteiger partial charge in [0, 0.05) is 13.1 Å². The zero-order valence-electron chi connectivity index (χ0n) is 10.3. The molecule has 90 valence electrons. The van der Waals surface area contributed by atoms with E-state index in [-0.39, 0.29) is 5.91 Å². The predicted molar refractivity (Wildman–Crippen MR) is 63.7 cm³/mol. The summed E-state index contributed by atoms with van der Waals surface area (Å²) in [5.41, 5.74) is 5.58. The van der Waals surface area contributed by atoms with Gasteiger partial charge in [-0.1, -0.05) is 13.8 Å². The molecule has 1 unspecified atom stereocenters. The molecule has 0 aliphatic heterocycles. The highest BCUT2D eigenvalue weighted by atomic mass is 16.1. The zero-order valence-corrected chi connectivity index (χ0v) is 10.3. The van der Waals surface area contributed by atoms with Gasteiger partial charge in [-0.3, -0.25) is 9.69 Å². The van der Waals surface area contributed by atoms with E-state index in [9.17, 15) is 4.79 Å². The molecule has 0 radical (unpaired) electrons. The Morgan fingerprint density at radius 2 is 2.13 bits per heavy atom. The number of hydrogen-bond donors (Lipinski definition) is 2. The van der Waals surface area contributed by atoms with Gasteiger partial charge in [-0.05, 0) is 32.4 Å². The molecule has 0 aromatic rings. The van der Waals surface area contributed by atoms with Crippen molar-refractivity contribution in [2.24, 2.45) is 5.73 Å². The van der Waals surface area contributed by atoms with Gasteiger partial charge in [-0.25, -0.2) is 0 Å². The second-order valence-electron chi connectivity index (χ2n) is 3.78. The number of amides is 1. The summed E-state index contributed by atoms with van der Waals surface area (Å²) in [5, 5.41) is 2.66. The minimum Gasteiger partial charge on any atom is -0.358 e. The van der Waals surface area contributed by atoms with Gasteiger partial charge >= 0.3 is 0 Å². The van der Waals surface area contributed by atoms with Gasteiger partial charge in [-0.15, -0.1) is 0 Å². The maximum Gasteiger partial charge on any atom is 0.233 e. The molecule has 0 aliphatic rings. The number of nitrogens with one attached hydrogen (secondary N) is 1. The highest BCUT2D eigenvalue weighted by molar-refractivity contribution is 5.77. The van der Waals surface area contributed by atoms with Crippen molar-refractivity contribution >= 4 is 5.91 Å². The maximum absolute atomic E-state index is 11.3. The lowest BCUT2D eigenvalue weighted by Crippen LogP contribution is -2.43. The summed E-state index contributed by atoms with van der Waals surface area (Å²) in [7, 11) is 1.68. The fourth-order valence-electron chi connectivity index (χ4n) is 1.78. The number of nitrogens with two attached hydrogens (primary N) is 1. The van der Waals surface area contributed by atoms with Crippen molar-refractivity contribution in [3.05, 3.63) is 0 Å². The number of hydrogen-bond acceptors (Lipinski definition) is 3. The topological polar surface area (TPSA) is 58.4 Å². The number of carbonyl (C=O) groups excluding carboxylic acids is 1. The molecule has 1 amide bonds. The molecule has 3 N–H and O–H groups in total. The third-order valence-corrected chi connectivity index (χ3v) is 2.62. The Bertz CT molecular complexity index is 173. The Morgan fingerprint density at radius 3 is 2.53 bits per heavy atom. The van der Waals surface area contributed by atoms with Crippen LogP contribution in [0.1, 0.15) is 33.1 Å². The van der Waals surface area contributed by atoms with Crippen LogP contribution >= 0.6 is 0 Å². The summed E-state index contributed by atoms with van der Waals surface area (Å²) in [5.74, 6) is 0.0823. The van der Waals surface area contributed by atoms with E-state index in [0.717, 1.165) is 25.8 Å². The Morgan fingerprint density at radius 1 is 1.47 bits per heavy atom. The number of rotatable bonds is 8. The minimum absolute atomic E-state index is 0.0823. The first-order valence-corrected chi connectivity index (χ1v) is 5.84. The highest BCUT2D eigenvalue weighted by Crippen LogP contribution is 2.08. The summed E-state index contributed by atoms with van der Waals surface area (Å²) >= 11 is 0. The van der Waals surface area contributed by atoms with Crippen LogP contribution < -0.4 is 11.1 Å². The van der Waals surface area contributed by atoms with Crippen LogP contribution in [-0.2, 0) is 4.79 Å². The average Bonchev–Trinajstić information content (AvgIpc) is 2.25. The Kier molecular flexibility index (Phi) is 8.33. The van der Waals surface area contributed by atoms with Crippen LogP contribution in [0.25, 0.3) is 0 Å². The molecule has 0 rings (SSSR count). The van der Waals surface area contributed by atoms with Crippen molar-refractivity contribution in [3.8, 4) is 0 Å². The highest BCUT2D eigenvalue weighted by Gasteiger charge is 2.17. The van der Waals surface area contributed by atoms with E-state index in [1.165, 1.54) is 0 Å². The SMILES string of the molecule is CCCN(CC(=O)NC)C(CC)CCN. The van der Waals surface area contributed by atoms with Crippen LogP contribution in [0.15, 0.2) is 0 Å². The quantitative estimate of drug-likeness (QED) is 0.622. The van der Waals surface area contributed by atoms with Gasteiger partial charge in [0.05, 0.1) is 6.54 Å². The lowest BCUT2D eigenvalue weighted by molar-refractivity contribution is -0.122. The Balaban J connectivity index is 4.25. The van der Waals surface area contributed by atoms with E-state index < -0.39 is 0 Å². The van der Waals surface area contributed by atoms with Crippen molar-refractivity contribution in [1.82, 2.24) is 10.2 Å². The first-order valence-electron chi connectivity index (χ1n) is 5.84. The number of carbonyl (C=O) groups is 1. The second kappa shape index (κ2) is 8.68. The molecule has 0 bridgehead atoms. The Labute approximate surface area is 93.2 Å². The summed E-state index contributed by atoms with van der Waals surface area (Å²) in [6.45, 7) is 6.42. The molecule has 0 saturated heterocycles. The van der Waals surface area contributed by atoms with Gasteiger partial charge in [-0.2, -0.15) is 0 Å². The van der Waals surface area contributed by atoms with E-state index in [2.05, 4.69) is 24.1 Å². The summed E-state index contributed by atoms with van der Waals surface area (Å²) in [6, 6.07) is 0.437. The molecular formula is C11H25N3O. The maximum atomic E-state index is 11.3. The molecule has 0 saturated carbocycles. The molecule has 0 spiro atoms. The third-order valence-electron chi connectivity index (χ3n) is 2.62. The second-order valence-corrected chi connectivity index (χ2v) is 3.78. The minimum atomic E-state index is 0.0823. The molecular weight excluding hydrogens is 190 g/mol. The van der Waals surface area contributed by atoms with Crippen molar-refractivity contribution in [2.45, 2.75) is 39.2 Å². The van der Waals surface area contributed by atoms with E-state index in [0.29, 0.717) is 19.1 Å². The first kappa shape index (κ1) is 14.4. The lowest BCUT2D eigenvalue weighted by atomic mass is 10.1. The van der Waals surface area contributed by atoms with E-state index in [1.807, 2.05) is 0 Å². The average molecular weight is 215 g/mol. The molecule has 0 aromatic heterocycles. The van der Waals surface area contributed by atoms with Gasteiger partial charge in [0.2, 0.25) is 5.91 Å². The van der Waals surface area contributed by atoms with Crippen molar-refractivity contribution in [1.29, 1.82) is 0 Å². The molecule has 4 heteroatoms. The van der Waals surface area contributed by atoms with Crippen LogP contribution in [0.5, 0.6) is 0 Å². The molecule has 0 heterocycles. The number of nitrogens with zero attached hydrogens (tertiary/aromatic N) is 1. The summed E-state index contributed by atoms with van der Waals surface area (Å²) in [6.07, 6.45) is 3.08. The predicted octanol–water partition coefficient (Wildman–Crippen LogP) is 0.572. The van der Waals surface area contributed by atoms with E-state index in [1.54, 1.807) is 7.05 Å². The van der Waals surface area contributed by atoms with Gasteiger partial charge in [0.1, 0.15) is 0 Å². The van der Waals surface area contributed by atoms with Crippen molar-refractivity contribution in [2.75, 3.05) is 26.7 Å². The monoisotopic (exact) mass is 215 g/mol. The van der Waals surface area contributed by atoms with Crippen LogP contribution in [0, 0.1) is 0 Å². The zero-order chi connectivity index (χ0) is 11.7. The smallest absolute Gasteiger partial charge is 0.233 e. The summed E-state index contributed by atoms with van der Waals surface area (Å²) in [4.78, 5) is 13.6. The lowest BCUT2D eigenvalue weighted by Gasteiger charge is -2.29. The Hall–Kier alpha value is -0.610. The fourth-order valence-corrected chi connectivity index (χ4v) is 1.78. The normalized spacial score (nSPS) is 12.9. The molecule has 15 heavy (non-hydrogen) atoms. The largest absolute Gasteiger partial charge is 0.358 e. The third kappa shape index (κ3) is 5.74. The molecule has 1 atom stereocenters.